The molecule has 6 heteroatoms. The molecule has 3 aromatic rings. The van der Waals surface area contributed by atoms with Gasteiger partial charge in [0, 0.05) is 10.9 Å². The minimum absolute atomic E-state index is 0.196. The molecule has 0 aliphatic carbocycles. The van der Waals surface area contributed by atoms with Crippen LogP contribution in [0.1, 0.15) is 21.6 Å². The minimum atomic E-state index is -0.978. The summed E-state index contributed by atoms with van der Waals surface area (Å²) < 4.78 is 1.56. The number of thiazole rings is 1. The lowest BCUT2D eigenvalue weighted by molar-refractivity contribution is 0.0696. The smallest absolute Gasteiger partial charge is 0.339 e. The summed E-state index contributed by atoms with van der Waals surface area (Å²) in [6, 6.07) is 8.12. The van der Waals surface area contributed by atoms with Crippen LogP contribution in [0.3, 0.4) is 0 Å². The molecule has 0 saturated heterocycles. The zero-order valence-corrected chi connectivity index (χ0v) is 12.4. The van der Waals surface area contributed by atoms with Crippen LogP contribution in [-0.4, -0.2) is 25.8 Å². The Morgan fingerprint density at radius 1 is 1.24 bits per heavy atom. The highest BCUT2D eigenvalue weighted by molar-refractivity contribution is 7.12. The monoisotopic (exact) mass is 299 g/mol. The van der Waals surface area contributed by atoms with Gasteiger partial charge in [0.25, 0.3) is 0 Å². The Bertz CT molecular complexity index is 803. The summed E-state index contributed by atoms with van der Waals surface area (Å²) in [5.41, 5.74) is 3.87. The van der Waals surface area contributed by atoms with Gasteiger partial charge in [0.05, 0.1) is 17.6 Å². The van der Waals surface area contributed by atoms with E-state index in [4.69, 9.17) is 5.11 Å². The summed E-state index contributed by atoms with van der Waals surface area (Å²) in [6.45, 7) is 3.76. The topological polar surface area (TPSA) is 68.0 Å². The van der Waals surface area contributed by atoms with Gasteiger partial charge in [0.1, 0.15) is 5.56 Å². The summed E-state index contributed by atoms with van der Waals surface area (Å²) in [7, 11) is 0. The molecule has 0 saturated carbocycles. The van der Waals surface area contributed by atoms with Crippen molar-refractivity contribution in [3.63, 3.8) is 0 Å². The van der Waals surface area contributed by atoms with E-state index in [1.54, 1.807) is 11.6 Å². The van der Waals surface area contributed by atoms with Gasteiger partial charge in [-0.3, -0.25) is 0 Å². The predicted molar refractivity (Wildman–Crippen MR) is 81.1 cm³/mol. The fraction of sp³-hybridized carbons (Fsp3) is 0.133. The Kier molecular flexibility index (Phi) is 3.31. The normalized spacial score (nSPS) is 10.8. The predicted octanol–water partition coefficient (Wildman–Crippen LogP) is 3.31. The van der Waals surface area contributed by atoms with Crippen molar-refractivity contribution in [1.29, 1.82) is 0 Å². The van der Waals surface area contributed by atoms with Gasteiger partial charge in [0.15, 0.2) is 0 Å². The van der Waals surface area contributed by atoms with E-state index in [1.165, 1.54) is 23.1 Å². The van der Waals surface area contributed by atoms with E-state index in [-0.39, 0.29) is 5.56 Å². The molecule has 2 heterocycles. The highest BCUT2D eigenvalue weighted by atomic mass is 32.1. The van der Waals surface area contributed by atoms with Crippen LogP contribution in [0.15, 0.2) is 35.8 Å². The Hall–Kier alpha value is -2.47. The van der Waals surface area contributed by atoms with Gasteiger partial charge in [-0.1, -0.05) is 29.8 Å². The van der Waals surface area contributed by atoms with Gasteiger partial charge in [0.2, 0.25) is 5.13 Å². The Labute approximate surface area is 125 Å². The molecule has 0 aliphatic rings. The molecule has 2 aromatic heterocycles. The molecule has 0 bridgehead atoms. The standard InChI is InChI=1S/C15H13N3O2S/c1-9-3-5-11(6-4-9)13-8-21-15(17-13)18-10(2)12(7-16-18)14(19)20/h3-8H,1-2H3,(H,19,20). The first kappa shape index (κ1) is 13.5. The number of hydrogen-bond donors (Lipinski definition) is 1. The second-order valence-electron chi connectivity index (χ2n) is 4.74. The lowest BCUT2D eigenvalue weighted by atomic mass is 10.1. The highest BCUT2D eigenvalue weighted by Gasteiger charge is 2.16. The zero-order valence-electron chi connectivity index (χ0n) is 11.6. The van der Waals surface area contributed by atoms with Crippen molar-refractivity contribution in [3.8, 4) is 16.4 Å². The molecular formula is C15H13N3O2S. The lowest BCUT2D eigenvalue weighted by Gasteiger charge is -2.00. The molecule has 5 nitrogen and oxygen atoms in total. The summed E-state index contributed by atoms with van der Waals surface area (Å²) in [5, 5.41) is 15.8. The number of nitrogens with zero attached hydrogens (tertiary/aromatic N) is 3. The second-order valence-corrected chi connectivity index (χ2v) is 5.58. The lowest BCUT2D eigenvalue weighted by Crippen LogP contribution is -2.02. The summed E-state index contributed by atoms with van der Waals surface area (Å²) >= 11 is 1.44. The van der Waals surface area contributed by atoms with E-state index < -0.39 is 5.97 Å². The Morgan fingerprint density at radius 3 is 2.57 bits per heavy atom. The third-order valence-electron chi connectivity index (χ3n) is 3.26. The van der Waals surface area contributed by atoms with Crippen molar-refractivity contribution in [3.05, 3.63) is 52.7 Å². The molecule has 3 rings (SSSR count). The number of carboxylic acid groups (broad SMARTS) is 1. The van der Waals surface area contributed by atoms with Gasteiger partial charge >= 0.3 is 5.97 Å². The first-order chi connectivity index (χ1) is 10.1. The van der Waals surface area contributed by atoms with Gasteiger partial charge in [-0.25, -0.2) is 14.5 Å². The minimum Gasteiger partial charge on any atom is -0.478 e. The van der Waals surface area contributed by atoms with Crippen LogP contribution in [0.4, 0.5) is 0 Å². The maximum Gasteiger partial charge on any atom is 0.339 e. The summed E-state index contributed by atoms with van der Waals surface area (Å²) in [6.07, 6.45) is 1.35. The first-order valence-corrected chi connectivity index (χ1v) is 7.25. The maximum absolute atomic E-state index is 11.1. The largest absolute Gasteiger partial charge is 0.478 e. The number of hydrogen-bond acceptors (Lipinski definition) is 4. The molecule has 0 fully saturated rings. The van der Waals surface area contributed by atoms with E-state index in [2.05, 4.69) is 10.1 Å². The molecule has 0 radical (unpaired) electrons. The highest BCUT2D eigenvalue weighted by Crippen LogP contribution is 2.25. The molecule has 0 aliphatic heterocycles. The van der Waals surface area contributed by atoms with Crippen LogP contribution in [0.25, 0.3) is 16.4 Å². The van der Waals surface area contributed by atoms with Gasteiger partial charge in [-0.05, 0) is 13.8 Å². The van der Waals surface area contributed by atoms with Crippen molar-refractivity contribution < 1.29 is 9.90 Å². The zero-order chi connectivity index (χ0) is 15.0. The van der Waals surface area contributed by atoms with Crippen LogP contribution in [0, 0.1) is 13.8 Å². The van der Waals surface area contributed by atoms with E-state index in [0.717, 1.165) is 11.3 Å². The van der Waals surface area contributed by atoms with Gasteiger partial charge < -0.3 is 5.11 Å². The van der Waals surface area contributed by atoms with E-state index in [0.29, 0.717) is 10.8 Å². The molecule has 0 spiro atoms. The van der Waals surface area contributed by atoms with Crippen LogP contribution in [0.2, 0.25) is 0 Å². The SMILES string of the molecule is Cc1ccc(-c2csc(-n3ncc(C(=O)O)c3C)n2)cc1. The van der Waals surface area contributed by atoms with E-state index in [1.807, 2.05) is 36.6 Å². The molecule has 0 amide bonds. The third-order valence-corrected chi connectivity index (χ3v) is 4.08. The van der Waals surface area contributed by atoms with Crippen LogP contribution in [-0.2, 0) is 0 Å². The van der Waals surface area contributed by atoms with Gasteiger partial charge in [-0.2, -0.15) is 5.10 Å². The van der Waals surface area contributed by atoms with Crippen LogP contribution in [0.5, 0.6) is 0 Å². The number of aryl methyl sites for hydroxylation is 1. The van der Waals surface area contributed by atoms with E-state index >= 15 is 0 Å². The van der Waals surface area contributed by atoms with Crippen molar-refractivity contribution in [2.75, 3.05) is 0 Å². The number of aromatic carboxylic acids is 1. The molecule has 0 unspecified atom stereocenters. The number of carboxylic acids is 1. The third kappa shape index (κ3) is 2.45. The molecule has 21 heavy (non-hydrogen) atoms. The van der Waals surface area contributed by atoms with Crippen molar-refractivity contribution in [2.24, 2.45) is 0 Å². The fourth-order valence-corrected chi connectivity index (χ4v) is 2.87. The van der Waals surface area contributed by atoms with Crippen molar-refractivity contribution in [2.45, 2.75) is 13.8 Å². The summed E-state index contributed by atoms with van der Waals surface area (Å²) in [4.78, 5) is 15.6. The first-order valence-electron chi connectivity index (χ1n) is 6.37. The maximum atomic E-state index is 11.1. The molecule has 0 atom stereocenters. The molecule has 1 aromatic carbocycles. The van der Waals surface area contributed by atoms with E-state index in [9.17, 15) is 4.79 Å². The molecular weight excluding hydrogens is 286 g/mol. The number of carbonyl (C=O) groups is 1. The molecule has 106 valence electrons. The Balaban J connectivity index is 1.99. The second kappa shape index (κ2) is 5.14. The van der Waals surface area contributed by atoms with Gasteiger partial charge in [-0.15, -0.1) is 11.3 Å². The average molecular weight is 299 g/mol. The van der Waals surface area contributed by atoms with Crippen molar-refractivity contribution in [1.82, 2.24) is 14.8 Å². The average Bonchev–Trinajstić information content (AvgIpc) is 3.06. The van der Waals surface area contributed by atoms with Crippen LogP contribution < -0.4 is 0 Å². The number of aromatic nitrogens is 3. The quantitative estimate of drug-likeness (QED) is 0.805. The fourth-order valence-electron chi connectivity index (χ4n) is 2.03. The van der Waals surface area contributed by atoms with Crippen LogP contribution >= 0.6 is 11.3 Å². The summed E-state index contributed by atoms with van der Waals surface area (Å²) in [5.74, 6) is -0.978. The molecule has 1 N–H and O–H groups in total. The number of rotatable bonds is 3. The number of benzene rings is 1. The Morgan fingerprint density at radius 2 is 1.95 bits per heavy atom. The van der Waals surface area contributed by atoms with Crippen molar-refractivity contribution >= 4 is 17.3 Å².